The second-order valence-corrected chi connectivity index (χ2v) is 8.17. The van der Waals surface area contributed by atoms with Crippen molar-refractivity contribution in [2.75, 3.05) is 19.6 Å². The van der Waals surface area contributed by atoms with Crippen LogP contribution in [0, 0.1) is 17.1 Å². The van der Waals surface area contributed by atoms with Crippen molar-refractivity contribution < 1.29 is 9.18 Å². The lowest BCUT2D eigenvalue weighted by molar-refractivity contribution is 0.0890. The van der Waals surface area contributed by atoms with E-state index in [1.54, 1.807) is 12.1 Å². The normalized spacial score (nSPS) is 14.9. The molecule has 3 aromatic rings. The van der Waals surface area contributed by atoms with Gasteiger partial charge in [0, 0.05) is 12.1 Å². The Balaban J connectivity index is 0.00000150. The minimum absolute atomic E-state index is 0. The van der Waals surface area contributed by atoms with E-state index in [-0.39, 0.29) is 36.4 Å². The summed E-state index contributed by atoms with van der Waals surface area (Å²) in [4.78, 5) is 15.1. The van der Waals surface area contributed by atoms with Gasteiger partial charge in [-0.05, 0) is 68.2 Å². The first-order valence-corrected chi connectivity index (χ1v) is 10.1. The topological polar surface area (TPSA) is 49.1 Å². The third-order valence-corrected chi connectivity index (χ3v) is 6.27. The molecular formula is C21H24Cl2FN3OS. The zero-order valence-corrected chi connectivity index (χ0v) is 18.3. The van der Waals surface area contributed by atoms with Gasteiger partial charge in [-0.15, -0.1) is 24.8 Å². The lowest BCUT2D eigenvalue weighted by Gasteiger charge is -2.31. The van der Waals surface area contributed by atoms with Crippen molar-refractivity contribution in [2.45, 2.75) is 19.4 Å². The van der Waals surface area contributed by atoms with Gasteiger partial charge in [-0.3, -0.25) is 15.1 Å². The predicted octanol–water partition coefficient (Wildman–Crippen LogP) is 4.76. The van der Waals surface area contributed by atoms with Gasteiger partial charge in [0.15, 0.2) is 10.6 Å². The van der Waals surface area contributed by atoms with Crippen LogP contribution >= 0.6 is 36.2 Å². The van der Waals surface area contributed by atoms with Crippen LogP contribution in [0.5, 0.6) is 0 Å². The Bertz CT molecular complexity index is 1010. The number of benzene rings is 2. The number of para-hydroxylation sites is 1. The number of likely N-dealkylation sites (tertiary alicyclic amines) is 1. The van der Waals surface area contributed by atoms with Gasteiger partial charge in [-0.2, -0.15) is 0 Å². The highest BCUT2D eigenvalue weighted by molar-refractivity contribution is 7.16. The molecule has 29 heavy (non-hydrogen) atoms. The summed E-state index contributed by atoms with van der Waals surface area (Å²) in [7, 11) is 0. The van der Waals surface area contributed by atoms with Gasteiger partial charge in [0.25, 0.3) is 0 Å². The second kappa shape index (κ2) is 10.3. The van der Waals surface area contributed by atoms with E-state index in [0.29, 0.717) is 22.8 Å². The number of aromatic nitrogens is 1. The zero-order valence-electron chi connectivity index (χ0n) is 15.8. The van der Waals surface area contributed by atoms with Crippen molar-refractivity contribution in [1.82, 2.24) is 9.47 Å². The lowest BCUT2D eigenvalue weighted by atomic mass is 9.96. The highest BCUT2D eigenvalue weighted by Gasteiger charge is 2.22. The molecule has 0 bridgehead atoms. The molecule has 1 N–H and O–H groups in total. The van der Waals surface area contributed by atoms with Crippen molar-refractivity contribution in [3.63, 3.8) is 0 Å². The van der Waals surface area contributed by atoms with Crippen LogP contribution < -0.4 is 4.80 Å². The van der Waals surface area contributed by atoms with Crippen LogP contribution in [0.15, 0.2) is 48.5 Å². The molecule has 4 nitrogen and oxygen atoms in total. The molecule has 156 valence electrons. The molecule has 0 spiro atoms. The summed E-state index contributed by atoms with van der Waals surface area (Å²) in [5.74, 6) is 0.244. The molecule has 0 atom stereocenters. The number of carbonyl (C=O) groups is 1. The zero-order chi connectivity index (χ0) is 18.8. The molecular weight excluding hydrogens is 432 g/mol. The molecule has 1 saturated heterocycles. The third kappa shape index (κ3) is 5.45. The number of nitrogens with zero attached hydrogens (tertiary/aromatic N) is 2. The van der Waals surface area contributed by atoms with Gasteiger partial charge in [0.1, 0.15) is 5.82 Å². The van der Waals surface area contributed by atoms with Crippen LogP contribution in [0.1, 0.15) is 23.2 Å². The van der Waals surface area contributed by atoms with E-state index in [1.165, 1.54) is 23.5 Å². The van der Waals surface area contributed by atoms with E-state index in [9.17, 15) is 9.18 Å². The van der Waals surface area contributed by atoms with E-state index in [1.807, 2.05) is 12.1 Å². The Kier molecular flexibility index (Phi) is 8.40. The first-order chi connectivity index (χ1) is 13.1. The second-order valence-electron chi connectivity index (χ2n) is 7.14. The van der Waals surface area contributed by atoms with Crippen LogP contribution in [-0.4, -0.2) is 34.9 Å². The number of carbonyl (C=O) groups excluding carboxylic acids is 1. The van der Waals surface area contributed by atoms with Gasteiger partial charge < -0.3 is 4.57 Å². The van der Waals surface area contributed by atoms with E-state index < -0.39 is 0 Å². The molecule has 0 saturated carbocycles. The summed E-state index contributed by atoms with van der Waals surface area (Å²) in [6.07, 6.45) is 2.04. The number of nitrogens with one attached hydrogen (secondary N) is 1. The summed E-state index contributed by atoms with van der Waals surface area (Å²) >= 11 is 1.52. The molecule has 2 aromatic carbocycles. The molecule has 1 aromatic heterocycles. The van der Waals surface area contributed by atoms with E-state index in [2.05, 4.69) is 21.6 Å². The predicted molar refractivity (Wildman–Crippen MR) is 120 cm³/mol. The number of fused-ring (bicyclic) bond motifs is 1. The van der Waals surface area contributed by atoms with Crippen molar-refractivity contribution in [3.05, 3.63) is 64.7 Å². The summed E-state index contributed by atoms with van der Waals surface area (Å²) in [6.45, 7) is 3.01. The molecule has 1 aliphatic rings. The lowest BCUT2D eigenvalue weighted by Crippen LogP contribution is -2.38. The minimum atomic E-state index is -0.320. The number of halogens is 3. The maximum absolute atomic E-state index is 13.0. The fourth-order valence-corrected chi connectivity index (χ4v) is 4.65. The number of rotatable bonds is 5. The Morgan fingerprint density at radius 3 is 2.41 bits per heavy atom. The Labute approximate surface area is 185 Å². The fourth-order valence-electron chi connectivity index (χ4n) is 3.73. The molecule has 1 fully saturated rings. The van der Waals surface area contributed by atoms with Crippen molar-refractivity contribution in [2.24, 2.45) is 5.92 Å². The summed E-state index contributed by atoms with van der Waals surface area (Å²) < 4.78 is 16.3. The fraction of sp³-hybridized carbons (Fsp3) is 0.333. The number of piperidine rings is 1. The molecule has 0 unspecified atom stereocenters. The SMILES string of the molecule is Cl.Cl.N=c1sc2ccccc2n1CC1CCN(CC(=O)c2ccc(F)cc2)CC1. The smallest absolute Gasteiger partial charge is 0.182 e. The molecule has 1 aliphatic heterocycles. The third-order valence-electron chi connectivity index (χ3n) is 5.29. The monoisotopic (exact) mass is 455 g/mol. The maximum Gasteiger partial charge on any atom is 0.182 e. The quantitative estimate of drug-likeness (QED) is 0.563. The van der Waals surface area contributed by atoms with Gasteiger partial charge in [-0.1, -0.05) is 23.5 Å². The van der Waals surface area contributed by atoms with Gasteiger partial charge >= 0.3 is 0 Å². The van der Waals surface area contributed by atoms with Crippen LogP contribution in [-0.2, 0) is 6.54 Å². The van der Waals surface area contributed by atoms with E-state index >= 15 is 0 Å². The molecule has 0 radical (unpaired) electrons. The average molecular weight is 456 g/mol. The summed E-state index contributed by atoms with van der Waals surface area (Å²) in [5.41, 5.74) is 1.71. The molecule has 4 rings (SSSR count). The first-order valence-electron chi connectivity index (χ1n) is 9.24. The standard InChI is InChI=1S/C21H22FN3OS.2ClH/c22-17-7-5-16(6-8-17)19(26)14-24-11-9-15(10-12-24)13-25-18-3-1-2-4-20(18)27-21(25)23;;/h1-8,15,23H,9-14H2;2*1H. The molecule has 0 aliphatic carbocycles. The molecule has 0 amide bonds. The molecule has 2 heterocycles. The number of ketones is 1. The number of Topliss-reactive ketones (excluding diaryl/α,β-unsaturated/α-hetero) is 1. The van der Waals surface area contributed by atoms with Crippen LogP contribution in [0.4, 0.5) is 4.39 Å². The van der Waals surface area contributed by atoms with E-state index in [4.69, 9.17) is 5.41 Å². The van der Waals surface area contributed by atoms with Gasteiger partial charge in [-0.25, -0.2) is 4.39 Å². The Morgan fingerprint density at radius 2 is 1.72 bits per heavy atom. The summed E-state index contributed by atoms with van der Waals surface area (Å²) in [5, 5.41) is 8.26. The van der Waals surface area contributed by atoms with Crippen molar-refractivity contribution >= 4 is 52.2 Å². The maximum atomic E-state index is 13.0. The van der Waals surface area contributed by atoms with Gasteiger partial charge in [0.05, 0.1) is 16.8 Å². The van der Waals surface area contributed by atoms with E-state index in [0.717, 1.165) is 42.7 Å². The Hall–Kier alpha value is -1.73. The van der Waals surface area contributed by atoms with Gasteiger partial charge in [0.2, 0.25) is 0 Å². The highest BCUT2D eigenvalue weighted by Crippen LogP contribution is 2.23. The largest absolute Gasteiger partial charge is 0.317 e. The number of thiazole rings is 1. The van der Waals surface area contributed by atoms with Crippen LogP contribution in [0.3, 0.4) is 0 Å². The summed E-state index contributed by atoms with van der Waals surface area (Å²) in [6, 6.07) is 14.0. The molecule has 8 heteroatoms. The Morgan fingerprint density at radius 1 is 1.07 bits per heavy atom. The van der Waals surface area contributed by atoms with Crippen LogP contribution in [0.2, 0.25) is 0 Å². The first kappa shape index (κ1) is 23.5. The van der Waals surface area contributed by atoms with Crippen molar-refractivity contribution in [3.8, 4) is 0 Å². The number of hydrogen-bond acceptors (Lipinski definition) is 4. The average Bonchev–Trinajstić information content (AvgIpc) is 2.99. The highest BCUT2D eigenvalue weighted by atomic mass is 35.5. The van der Waals surface area contributed by atoms with Crippen molar-refractivity contribution in [1.29, 1.82) is 5.41 Å². The number of hydrogen-bond donors (Lipinski definition) is 1. The van der Waals surface area contributed by atoms with Crippen LogP contribution in [0.25, 0.3) is 10.2 Å². The minimum Gasteiger partial charge on any atom is -0.317 e.